The summed E-state index contributed by atoms with van der Waals surface area (Å²) in [6, 6.07) is 9.82. The summed E-state index contributed by atoms with van der Waals surface area (Å²) in [5.74, 6) is 1.93. The maximum Gasteiger partial charge on any atom is 0.233 e. The number of hydrogen-bond donors (Lipinski definition) is 1. The summed E-state index contributed by atoms with van der Waals surface area (Å²) in [7, 11) is 3.13. The van der Waals surface area contributed by atoms with Crippen molar-refractivity contribution in [2.45, 2.75) is 5.92 Å². The molecule has 0 aliphatic carbocycles. The lowest BCUT2D eigenvalue weighted by atomic mass is 9.74. The molecular formula is C20H21N3O4. The van der Waals surface area contributed by atoms with Gasteiger partial charge in [-0.3, -0.25) is 0 Å². The smallest absolute Gasteiger partial charge is 0.233 e. The van der Waals surface area contributed by atoms with Gasteiger partial charge < -0.3 is 24.2 Å². The van der Waals surface area contributed by atoms with Gasteiger partial charge in [-0.1, -0.05) is 6.07 Å². The number of hydrogen-bond acceptors (Lipinski definition) is 7. The van der Waals surface area contributed by atoms with Gasteiger partial charge >= 0.3 is 0 Å². The Balaban J connectivity index is 1.75. The van der Waals surface area contributed by atoms with E-state index in [0.29, 0.717) is 31.1 Å². The van der Waals surface area contributed by atoms with Crippen LogP contribution in [0.15, 0.2) is 30.5 Å². The van der Waals surface area contributed by atoms with Gasteiger partial charge in [0.2, 0.25) is 5.88 Å². The van der Waals surface area contributed by atoms with E-state index in [4.69, 9.17) is 14.2 Å². The molecule has 1 aromatic carbocycles. The van der Waals surface area contributed by atoms with Gasteiger partial charge in [-0.15, -0.1) is 0 Å². The molecule has 2 aromatic rings. The van der Waals surface area contributed by atoms with Crippen molar-refractivity contribution < 1.29 is 19.3 Å². The highest BCUT2D eigenvalue weighted by molar-refractivity contribution is 5.64. The van der Waals surface area contributed by atoms with Gasteiger partial charge in [0.15, 0.2) is 0 Å². The third-order valence-electron chi connectivity index (χ3n) is 5.61. The van der Waals surface area contributed by atoms with Crippen LogP contribution in [0, 0.1) is 16.7 Å². The molecule has 27 heavy (non-hydrogen) atoms. The van der Waals surface area contributed by atoms with Gasteiger partial charge in [0.1, 0.15) is 23.1 Å². The van der Waals surface area contributed by atoms with Crippen LogP contribution in [0.4, 0.5) is 5.69 Å². The zero-order valence-electron chi connectivity index (χ0n) is 15.3. The molecule has 140 valence electrons. The Morgan fingerprint density at radius 1 is 1.37 bits per heavy atom. The van der Waals surface area contributed by atoms with Crippen LogP contribution < -0.4 is 19.1 Å². The molecule has 1 N–H and O–H groups in total. The van der Waals surface area contributed by atoms with Gasteiger partial charge in [0, 0.05) is 36.8 Å². The van der Waals surface area contributed by atoms with Crippen LogP contribution in [0.5, 0.6) is 17.4 Å². The summed E-state index contributed by atoms with van der Waals surface area (Å²) in [4.78, 5) is 6.24. The van der Waals surface area contributed by atoms with Gasteiger partial charge in [0.25, 0.3) is 0 Å². The summed E-state index contributed by atoms with van der Waals surface area (Å²) in [6.07, 6.45) is 1.64. The van der Waals surface area contributed by atoms with Crippen molar-refractivity contribution in [1.29, 1.82) is 5.26 Å². The van der Waals surface area contributed by atoms with E-state index in [2.05, 4.69) is 16.0 Å². The fourth-order valence-electron chi connectivity index (χ4n) is 4.17. The number of nitrogens with zero attached hydrogens (tertiary/aromatic N) is 3. The molecule has 1 saturated heterocycles. The number of aliphatic hydroxyl groups is 1. The van der Waals surface area contributed by atoms with Gasteiger partial charge in [-0.25, -0.2) is 4.98 Å². The Kier molecular flexibility index (Phi) is 4.28. The number of fused-ring (bicyclic) bond motifs is 3. The molecule has 3 heterocycles. The van der Waals surface area contributed by atoms with Gasteiger partial charge in [-0.2, -0.15) is 5.26 Å². The van der Waals surface area contributed by atoms with Crippen molar-refractivity contribution >= 4 is 5.69 Å². The van der Waals surface area contributed by atoms with Crippen molar-refractivity contribution in [3.63, 3.8) is 0 Å². The standard InChI is InChI=1S/C20H21N3O4/c1-25-13-3-4-14-16-9-23(10-20(16,11-24)12-27-18(14)7-13)17-5-6-22-19(26-2)15(17)8-21/h3-7,16,24H,9-12H2,1-2H3/t16?,20-/m1/s1. The number of pyridine rings is 1. The first kappa shape index (κ1) is 17.4. The molecule has 0 bridgehead atoms. The zero-order valence-corrected chi connectivity index (χ0v) is 15.3. The highest BCUT2D eigenvalue weighted by Gasteiger charge is 2.51. The number of anilines is 1. The molecule has 2 aliphatic rings. The molecule has 7 nitrogen and oxygen atoms in total. The van der Waals surface area contributed by atoms with Crippen LogP contribution in [0.25, 0.3) is 0 Å². The Morgan fingerprint density at radius 3 is 2.93 bits per heavy atom. The molecule has 2 atom stereocenters. The van der Waals surface area contributed by atoms with Crippen LogP contribution in [-0.4, -0.2) is 50.6 Å². The minimum atomic E-state index is -0.426. The Bertz CT molecular complexity index is 911. The minimum Gasteiger partial charge on any atom is -0.497 e. The molecular weight excluding hydrogens is 346 g/mol. The molecule has 1 aromatic heterocycles. The molecule has 1 fully saturated rings. The van der Waals surface area contributed by atoms with Gasteiger partial charge in [-0.05, 0) is 12.1 Å². The van der Waals surface area contributed by atoms with E-state index >= 15 is 0 Å². The normalized spacial score (nSPS) is 23.0. The van der Waals surface area contributed by atoms with Gasteiger partial charge in [0.05, 0.1) is 38.5 Å². The fourth-order valence-corrected chi connectivity index (χ4v) is 4.17. The minimum absolute atomic E-state index is 0.00371. The summed E-state index contributed by atoms with van der Waals surface area (Å²) in [5, 5.41) is 19.8. The molecule has 2 aliphatic heterocycles. The van der Waals surface area contributed by atoms with E-state index in [-0.39, 0.29) is 12.5 Å². The van der Waals surface area contributed by atoms with Crippen LogP contribution in [0.2, 0.25) is 0 Å². The van der Waals surface area contributed by atoms with Crippen LogP contribution in [0.1, 0.15) is 17.0 Å². The largest absolute Gasteiger partial charge is 0.497 e. The van der Waals surface area contributed by atoms with Crippen molar-refractivity contribution in [3.05, 3.63) is 41.6 Å². The molecule has 0 radical (unpaired) electrons. The number of aliphatic hydroxyl groups excluding tert-OH is 1. The lowest BCUT2D eigenvalue weighted by molar-refractivity contribution is 0.0533. The number of aromatic nitrogens is 1. The molecule has 0 saturated carbocycles. The molecule has 1 unspecified atom stereocenters. The van der Waals surface area contributed by atoms with E-state index in [1.165, 1.54) is 7.11 Å². The van der Waals surface area contributed by atoms with Crippen molar-refractivity contribution in [2.24, 2.45) is 5.41 Å². The number of benzene rings is 1. The summed E-state index contributed by atoms with van der Waals surface area (Å²) in [5.41, 5.74) is 1.80. The average molecular weight is 367 g/mol. The number of methoxy groups -OCH3 is 2. The zero-order chi connectivity index (χ0) is 19.0. The van der Waals surface area contributed by atoms with E-state index in [9.17, 15) is 10.4 Å². The summed E-state index contributed by atoms with van der Waals surface area (Å²) < 4.78 is 16.5. The topological polar surface area (TPSA) is 87.8 Å². The maximum atomic E-state index is 10.2. The monoisotopic (exact) mass is 367 g/mol. The maximum absolute atomic E-state index is 10.2. The lowest BCUT2D eigenvalue weighted by Gasteiger charge is -2.37. The quantitative estimate of drug-likeness (QED) is 0.883. The van der Waals surface area contributed by atoms with Crippen LogP contribution >= 0.6 is 0 Å². The lowest BCUT2D eigenvalue weighted by Crippen LogP contribution is -2.42. The average Bonchev–Trinajstić information content (AvgIpc) is 3.13. The van der Waals surface area contributed by atoms with E-state index in [1.54, 1.807) is 13.3 Å². The Hall–Kier alpha value is -2.98. The van der Waals surface area contributed by atoms with Crippen molar-refractivity contribution in [1.82, 2.24) is 4.98 Å². The Labute approximate surface area is 157 Å². The number of nitriles is 1. The second-order valence-electron chi connectivity index (χ2n) is 6.97. The first-order valence-electron chi connectivity index (χ1n) is 8.75. The Morgan fingerprint density at radius 2 is 2.22 bits per heavy atom. The highest BCUT2D eigenvalue weighted by Crippen LogP contribution is 2.51. The molecule has 0 spiro atoms. The molecule has 4 rings (SSSR count). The third kappa shape index (κ3) is 2.64. The number of ether oxygens (including phenoxy) is 3. The van der Waals surface area contributed by atoms with Crippen LogP contribution in [-0.2, 0) is 0 Å². The van der Waals surface area contributed by atoms with E-state index in [0.717, 1.165) is 22.7 Å². The second-order valence-corrected chi connectivity index (χ2v) is 6.97. The summed E-state index contributed by atoms with van der Waals surface area (Å²) >= 11 is 0. The third-order valence-corrected chi connectivity index (χ3v) is 5.61. The molecule has 0 amide bonds. The van der Waals surface area contributed by atoms with E-state index in [1.807, 2.05) is 24.3 Å². The summed E-state index contributed by atoms with van der Waals surface area (Å²) in [6.45, 7) is 1.67. The van der Waals surface area contributed by atoms with Crippen molar-refractivity contribution in [2.75, 3.05) is 45.4 Å². The predicted molar refractivity (Wildman–Crippen MR) is 98.5 cm³/mol. The first-order valence-corrected chi connectivity index (χ1v) is 8.75. The van der Waals surface area contributed by atoms with E-state index < -0.39 is 5.41 Å². The molecule has 7 heteroatoms. The first-order chi connectivity index (χ1) is 13.2. The van der Waals surface area contributed by atoms with Crippen molar-refractivity contribution in [3.8, 4) is 23.4 Å². The van der Waals surface area contributed by atoms with Crippen LogP contribution in [0.3, 0.4) is 0 Å². The SMILES string of the molecule is COc1ccc2c(c1)OC[C@]1(CO)CN(c3ccnc(OC)c3C#N)CC21. The number of rotatable bonds is 4. The predicted octanol–water partition coefficient (Wildman–Crippen LogP) is 1.95. The highest BCUT2D eigenvalue weighted by atomic mass is 16.5. The second kappa shape index (κ2) is 6.63. The fraction of sp³-hybridized carbons (Fsp3) is 0.400.